The van der Waals surface area contributed by atoms with Gasteiger partial charge < -0.3 is 5.32 Å². The zero-order valence-corrected chi connectivity index (χ0v) is 14.0. The summed E-state index contributed by atoms with van der Waals surface area (Å²) in [6.07, 6.45) is 2.74. The van der Waals surface area contributed by atoms with E-state index in [1.54, 1.807) is 11.3 Å². The molecule has 0 aliphatic rings. The van der Waals surface area contributed by atoms with Crippen molar-refractivity contribution < 1.29 is 0 Å². The molecule has 0 bridgehead atoms. The molecule has 1 unspecified atom stereocenters. The topological polar surface area (TPSA) is 24.9 Å². The molecule has 2 nitrogen and oxygen atoms in total. The lowest BCUT2D eigenvalue weighted by Crippen LogP contribution is -2.23. The fourth-order valence-corrected chi connectivity index (χ4v) is 4.83. The van der Waals surface area contributed by atoms with Crippen molar-refractivity contribution in [3.63, 3.8) is 0 Å². The first-order valence-corrected chi connectivity index (χ1v) is 8.19. The first-order chi connectivity index (χ1) is 8.70. The molecule has 2 aromatic heterocycles. The van der Waals surface area contributed by atoms with Crippen LogP contribution >= 0.6 is 43.2 Å². The fourth-order valence-electron chi connectivity index (χ4n) is 1.86. The first kappa shape index (κ1) is 14.2. The molecule has 18 heavy (non-hydrogen) atoms. The molecule has 2 rings (SSSR count). The van der Waals surface area contributed by atoms with E-state index in [4.69, 9.17) is 0 Å². The van der Waals surface area contributed by atoms with E-state index in [1.165, 1.54) is 9.35 Å². The van der Waals surface area contributed by atoms with Crippen LogP contribution in [0.15, 0.2) is 38.0 Å². The van der Waals surface area contributed by atoms with Crippen LogP contribution in [0.5, 0.6) is 0 Å². The van der Waals surface area contributed by atoms with Gasteiger partial charge in [-0.25, -0.2) is 0 Å². The molecule has 1 N–H and O–H groups in total. The summed E-state index contributed by atoms with van der Waals surface area (Å²) in [7, 11) is 0. The van der Waals surface area contributed by atoms with Gasteiger partial charge in [0, 0.05) is 24.4 Å². The predicted octanol–water partition coefficient (Wildman–Crippen LogP) is 4.56. The van der Waals surface area contributed by atoms with Crippen LogP contribution in [-0.4, -0.2) is 11.5 Å². The minimum Gasteiger partial charge on any atom is -0.310 e. The average Bonchev–Trinajstić information content (AvgIpc) is 2.69. The number of hydrogen-bond acceptors (Lipinski definition) is 3. The summed E-state index contributed by atoms with van der Waals surface area (Å²) in [5, 5.41) is 3.52. The highest BCUT2D eigenvalue weighted by atomic mass is 79.9. The van der Waals surface area contributed by atoms with E-state index in [9.17, 15) is 0 Å². The van der Waals surface area contributed by atoms with Crippen molar-refractivity contribution >= 4 is 43.2 Å². The largest absolute Gasteiger partial charge is 0.310 e. The minimum atomic E-state index is 0.293. The maximum absolute atomic E-state index is 4.40. The van der Waals surface area contributed by atoms with Crippen molar-refractivity contribution in [2.24, 2.45) is 0 Å². The number of rotatable bonds is 5. The number of nitrogens with zero attached hydrogens (tertiary/aromatic N) is 1. The molecule has 0 radical (unpaired) electrons. The molecule has 0 saturated carbocycles. The van der Waals surface area contributed by atoms with Crippen molar-refractivity contribution in [3.8, 4) is 0 Å². The molecule has 0 fully saturated rings. The summed E-state index contributed by atoms with van der Waals surface area (Å²) in [4.78, 5) is 4.40. The summed E-state index contributed by atoms with van der Waals surface area (Å²) in [5.41, 5.74) is 2.40. The second-order valence-corrected chi connectivity index (χ2v) is 7.66. The van der Waals surface area contributed by atoms with Gasteiger partial charge in [-0.2, -0.15) is 0 Å². The number of likely N-dealkylation sites (N-methyl/N-ethyl adjacent to an activating group) is 1. The monoisotopic (exact) mass is 388 g/mol. The second-order valence-electron chi connectivity index (χ2n) is 3.92. The summed E-state index contributed by atoms with van der Waals surface area (Å²) in [6, 6.07) is 8.51. The van der Waals surface area contributed by atoms with E-state index in [0.29, 0.717) is 6.04 Å². The lowest BCUT2D eigenvalue weighted by Gasteiger charge is -2.17. The van der Waals surface area contributed by atoms with E-state index in [-0.39, 0.29) is 0 Å². The lowest BCUT2D eigenvalue weighted by atomic mass is 10.0. The van der Waals surface area contributed by atoms with Crippen LogP contribution in [0.1, 0.15) is 24.2 Å². The SMILES string of the molecule is CCNC(Cc1ccccn1)c1cc(Br)sc1Br. The first-order valence-electron chi connectivity index (χ1n) is 5.78. The van der Waals surface area contributed by atoms with E-state index in [1.807, 2.05) is 18.3 Å². The predicted molar refractivity (Wildman–Crippen MR) is 84.1 cm³/mol. The molecule has 2 heterocycles. The zero-order chi connectivity index (χ0) is 13.0. The van der Waals surface area contributed by atoms with Gasteiger partial charge in [0.2, 0.25) is 0 Å². The molecule has 1 atom stereocenters. The maximum atomic E-state index is 4.40. The number of pyridine rings is 1. The molecule has 0 saturated heterocycles. The third kappa shape index (κ3) is 3.63. The summed E-state index contributed by atoms with van der Waals surface area (Å²) >= 11 is 8.87. The molecule has 0 spiro atoms. The standard InChI is InChI=1S/C13H14Br2N2S/c1-2-16-11(7-9-5-3-4-6-17-9)10-8-12(14)18-13(10)15/h3-6,8,11,16H,2,7H2,1H3. The Balaban J connectivity index is 2.21. The van der Waals surface area contributed by atoms with Crippen LogP contribution in [0, 0.1) is 0 Å². The minimum absolute atomic E-state index is 0.293. The van der Waals surface area contributed by atoms with Crippen molar-refractivity contribution in [3.05, 3.63) is 49.3 Å². The van der Waals surface area contributed by atoms with Gasteiger partial charge >= 0.3 is 0 Å². The van der Waals surface area contributed by atoms with E-state index in [0.717, 1.165) is 22.4 Å². The van der Waals surface area contributed by atoms with Crippen molar-refractivity contribution in [1.29, 1.82) is 0 Å². The molecule has 96 valence electrons. The normalized spacial score (nSPS) is 12.6. The zero-order valence-electron chi connectivity index (χ0n) is 9.99. The highest BCUT2D eigenvalue weighted by Gasteiger charge is 2.17. The number of nitrogens with one attached hydrogen (secondary N) is 1. The Morgan fingerprint density at radius 1 is 1.39 bits per heavy atom. The van der Waals surface area contributed by atoms with Crippen LogP contribution < -0.4 is 5.32 Å². The second kappa shape index (κ2) is 6.80. The average molecular weight is 390 g/mol. The summed E-state index contributed by atoms with van der Waals surface area (Å²) in [5.74, 6) is 0. The van der Waals surface area contributed by atoms with Crippen LogP contribution in [0.2, 0.25) is 0 Å². The number of aromatic nitrogens is 1. The Morgan fingerprint density at radius 2 is 2.22 bits per heavy atom. The van der Waals surface area contributed by atoms with Crippen molar-refractivity contribution in [2.75, 3.05) is 6.54 Å². The lowest BCUT2D eigenvalue weighted by molar-refractivity contribution is 0.544. The van der Waals surface area contributed by atoms with Gasteiger partial charge in [-0.1, -0.05) is 13.0 Å². The van der Waals surface area contributed by atoms with Gasteiger partial charge in [-0.3, -0.25) is 4.98 Å². The molecule has 2 aromatic rings. The van der Waals surface area contributed by atoms with E-state index < -0.39 is 0 Å². The molecular weight excluding hydrogens is 376 g/mol. The summed E-state index contributed by atoms with van der Waals surface area (Å²) in [6.45, 7) is 3.07. The Bertz CT molecular complexity index is 499. The highest BCUT2D eigenvalue weighted by Crippen LogP contribution is 2.36. The van der Waals surface area contributed by atoms with Crippen LogP contribution in [0.4, 0.5) is 0 Å². The van der Waals surface area contributed by atoms with Crippen LogP contribution in [0.3, 0.4) is 0 Å². The molecular formula is C13H14Br2N2S. The number of hydrogen-bond donors (Lipinski definition) is 1. The molecule has 0 aliphatic heterocycles. The van der Waals surface area contributed by atoms with Gasteiger partial charge in [0.25, 0.3) is 0 Å². The third-order valence-corrected chi connectivity index (χ3v) is 5.03. The van der Waals surface area contributed by atoms with Crippen LogP contribution in [0.25, 0.3) is 0 Å². The number of thiophene rings is 1. The van der Waals surface area contributed by atoms with E-state index >= 15 is 0 Å². The fraction of sp³-hybridized carbons (Fsp3) is 0.308. The molecule has 0 aromatic carbocycles. The number of halogens is 2. The van der Waals surface area contributed by atoms with Gasteiger partial charge in [0.1, 0.15) is 0 Å². The Labute approximate surface area is 128 Å². The van der Waals surface area contributed by atoms with Gasteiger partial charge in [0.05, 0.1) is 7.57 Å². The quantitative estimate of drug-likeness (QED) is 0.810. The third-order valence-electron chi connectivity index (χ3n) is 2.65. The Morgan fingerprint density at radius 3 is 2.78 bits per heavy atom. The summed E-state index contributed by atoms with van der Waals surface area (Å²) < 4.78 is 2.32. The van der Waals surface area contributed by atoms with E-state index in [2.05, 4.69) is 61.2 Å². The van der Waals surface area contributed by atoms with Gasteiger partial charge in [0.15, 0.2) is 0 Å². The van der Waals surface area contributed by atoms with Gasteiger partial charge in [-0.05, 0) is 62.2 Å². The van der Waals surface area contributed by atoms with Crippen LogP contribution in [-0.2, 0) is 6.42 Å². The van der Waals surface area contributed by atoms with Crippen molar-refractivity contribution in [1.82, 2.24) is 10.3 Å². The molecule has 5 heteroatoms. The van der Waals surface area contributed by atoms with Crippen molar-refractivity contribution in [2.45, 2.75) is 19.4 Å². The Kier molecular flexibility index (Phi) is 5.36. The highest BCUT2D eigenvalue weighted by molar-refractivity contribution is 9.12. The smallest absolute Gasteiger partial charge is 0.0758 e. The Hall–Kier alpha value is -0.230. The molecule has 0 amide bonds. The molecule has 0 aliphatic carbocycles. The van der Waals surface area contributed by atoms with Gasteiger partial charge in [-0.15, -0.1) is 11.3 Å². The maximum Gasteiger partial charge on any atom is 0.0758 e.